The normalized spacial score (nSPS) is 16.8. The monoisotopic (exact) mass is 273 g/mol. The summed E-state index contributed by atoms with van der Waals surface area (Å²) in [5, 5.41) is 7.50. The highest BCUT2D eigenvalue weighted by molar-refractivity contribution is 7.80. The quantitative estimate of drug-likeness (QED) is 0.685. The van der Waals surface area contributed by atoms with Crippen molar-refractivity contribution in [3.8, 4) is 0 Å². The highest BCUT2D eigenvalue weighted by Crippen LogP contribution is 2.17. The number of hydrogen-bond acceptors (Lipinski definition) is 3. The molecule has 4 nitrogen and oxygen atoms in total. The van der Waals surface area contributed by atoms with Crippen LogP contribution in [0.5, 0.6) is 0 Å². The van der Waals surface area contributed by atoms with Crippen molar-refractivity contribution in [2.45, 2.75) is 38.1 Å². The van der Waals surface area contributed by atoms with E-state index in [-0.39, 0.29) is 0 Å². The van der Waals surface area contributed by atoms with Crippen LogP contribution in [0.1, 0.15) is 32.1 Å². The topological polar surface area (TPSA) is 36.5 Å². The van der Waals surface area contributed by atoms with E-state index in [1.54, 1.807) is 7.11 Å². The number of hydrogen-bond donors (Lipinski definition) is 2. The minimum Gasteiger partial charge on any atom is -0.383 e. The third-order valence-electron chi connectivity index (χ3n) is 3.40. The van der Waals surface area contributed by atoms with E-state index in [1.807, 2.05) is 0 Å². The van der Waals surface area contributed by atoms with E-state index in [2.05, 4.69) is 22.6 Å². The molecule has 106 valence electrons. The standard InChI is InChI=1S/C13H27N3OS/c1-16(10-11-17-2)9-8-14-13(18)15-12-6-4-3-5-7-12/h12H,3-11H2,1-2H3,(H2,14,15,18). The van der Waals surface area contributed by atoms with Gasteiger partial charge in [-0.05, 0) is 32.1 Å². The zero-order valence-corrected chi connectivity index (χ0v) is 12.5. The summed E-state index contributed by atoms with van der Waals surface area (Å²) in [5.74, 6) is 0. The second-order valence-electron chi connectivity index (χ2n) is 5.03. The molecule has 0 atom stereocenters. The molecular weight excluding hydrogens is 246 g/mol. The Labute approximate surface area is 116 Å². The highest BCUT2D eigenvalue weighted by Gasteiger charge is 2.13. The summed E-state index contributed by atoms with van der Waals surface area (Å²) in [6, 6.07) is 0.588. The first-order valence-electron chi connectivity index (χ1n) is 6.94. The first-order chi connectivity index (χ1) is 8.72. The molecule has 0 aromatic heterocycles. The fourth-order valence-electron chi connectivity index (χ4n) is 2.20. The van der Waals surface area contributed by atoms with Gasteiger partial charge in [-0.2, -0.15) is 0 Å². The van der Waals surface area contributed by atoms with Crippen LogP contribution in [0.25, 0.3) is 0 Å². The second kappa shape index (κ2) is 9.53. The predicted molar refractivity (Wildman–Crippen MR) is 80.0 cm³/mol. The van der Waals surface area contributed by atoms with Crippen molar-refractivity contribution in [2.24, 2.45) is 0 Å². The van der Waals surface area contributed by atoms with E-state index in [4.69, 9.17) is 17.0 Å². The fourth-order valence-corrected chi connectivity index (χ4v) is 2.47. The zero-order valence-electron chi connectivity index (χ0n) is 11.7. The lowest BCUT2D eigenvalue weighted by Gasteiger charge is -2.25. The van der Waals surface area contributed by atoms with Gasteiger partial charge in [-0.3, -0.25) is 0 Å². The third-order valence-corrected chi connectivity index (χ3v) is 3.66. The Morgan fingerprint density at radius 3 is 2.67 bits per heavy atom. The van der Waals surface area contributed by atoms with Crippen molar-refractivity contribution in [3.05, 3.63) is 0 Å². The largest absolute Gasteiger partial charge is 0.383 e. The van der Waals surface area contributed by atoms with Gasteiger partial charge in [-0.15, -0.1) is 0 Å². The molecule has 1 aliphatic carbocycles. The molecule has 1 fully saturated rings. The molecule has 18 heavy (non-hydrogen) atoms. The molecule has 0 heterocycles. The van der Waals surface area contributed by atoms with E-state index >= 15 is 0 Å². The van der Waals surface area contributed by atoms with E-state index in [1.165, 1.54) is 32.1 Å². The summed E-state index contributed by atoms with van der Waals surface area (Å²) in [5.41, 5.74) is 0. The Morgan fingerprint density at radius 1 is 1.28 bits per heavy atom. The Bertz CT molecular complexity index is 232. The van der Waals surface area contributed by atoms with Crippen LogP contribution in [0.3, 0.4) is 0 Å². The maximum Gasteiger partial charge on any atom is 0.166 e. The van der Waals surface area contributed by atoms with Gasteiger partial charge in [0.2, 0.25) is 0 Å². The zero-order chi connectivity index (χ0) is 13.2. The molecule has 0 bridgehead atoms. The molecule has 0 amide bonds. The first kappa shape index (κ1) is 15.7. The van der Waals surface area contributed by atoms with Gasteiger partial charge in [0.25, 0.3) is 0 Å². The van der Waals surface area contributed by atoms with Crippen LogP contribution in [-0.2, 0) is 4.74 Å². The van der Waals surface area contributed by atoms with Gasteiger partial charge in [0.05, 0.1) is 6.61 Å². The molecule has 0 radical (unpaired) electrons. The van der Waals surface area contributed by atoms with E-state index in [9.17, 15) is 0 Å². The fraction of sp³-hybridized carbons (Fsp3) is 0.923. The summed E-state index contributed by atoms with van der Waals surface area (Å²) in [6.07, 6.45) is 6.56. The molecule has 0 saturated heterocycles. The molecule has 0 spiro atoms. The van der Waals surface area contributed by atoms with Crippen molar-refractivity contribution >= 4 is 17.3 Å². The van der Waals surface area contributed by atoms with Gasteiger partial charge in [0.1, 0.15) is 0 Å². The lowest BCUT2D eigenvalue weighted by atomic mass is 9.96. The molecule has 0 aromatic rings. The minimum absolute atomic E-state index is 0.588. The van der Waals surface area contributed by atoms with Crippen LogP contribution in [-0.4, -0.2) is 56.5 Å². The number of nitrogens with zero attached hydrogens (tertiary/aromatic N) is 1. The van der Waals surface area contributed by atoms with E-state index in [0.29, 0.717) is 6.04 Å². The molecular formula is C13H27N3OS. The summed E-state index contributed by atoms with van der Waals surface area (Å²) >= 11 is 5.31. The number of nitrogens with one attached hydrogen (secondary N) is 2. The van der Waals surface area contributed by atoms with Gasteiger partial charge in [-0.1, -0.05) is 19.3 Å². The summed E-state index contributed by atoms with van der Waals surface area (Å²) in [4.78, 5) is 2.24. The Balaban J connectivity index is 2.02. The molecule has 0 aromatic carbocycles. The minimum atomic E-state index is 0.588. The Hall–Kier alpha value is -0.390. The predicted octanol–water partition coefficient (Wildman–Crippen LogP) is 1.36. The average Bonchev–Trinajstić information content (AvgIpc) is 2.37. The average molecular weight is 273 g/mol. The Kier molecular flexibility index (Phi) is 8.29. The van der Waals surface area contributed by atoms with Gasteiger partial charge < -0.3 is 20.3 Å². The molecule has 1 rings (SSSR count). The van der Waals surface area contributed by atoms with Crippen LogP contribution in [0.2, 0.25) is 0 Å². The second-order valence-corrected chi connectivity index (χ2v) is 5.44. The van der Waals surface area contributed by atoms with Crippen LogP contribution < -0.4 is 10.6 Å². The summed E-state index contributed by atoms with van der Waals surface area (Å²) in [7, 11) is 3.83. The molecule has 2 N–H and O–H groups in total. The lowest BCUT2D eigenvalue weighted by Crippen LogP contribution is -2.44. The number of ether oxygens (including phenoxy) is 1. The van der Waals surface area contributed by atoms with Crippen LogP contribution in [0.15, 0.2) is 0 Å². The molecule has 5 heteroatoms. The SMILES string of the molecule is COCCN(C)CCNC(=S)NC1CCCCC1. The molecule has 1 aliphatic rings. The maximum atomic E-state index is 5.31. The Morgan fingerprint density at radius 2 is 2.00 bits per heavy atom. The maximum absolute atomic E-state index is 5.31. The number of methoxy groups -OCH3 is 1. The van der Waals surface area contributed by atoms with E-state index < -0.39 is 0 Å². The van der Waals surface area contributed by atoms with E-state index in [0.717, 1.165) is 31.4 Å². The van der Waals surface area contributed by atoms with Crippen LogP contribution >= 0.6 is 12.2 Å². The summed E-state index contributed by atoms with van der Waals surface area (Å²) < 4.78 is 5.04. The number of likely N-dealkylation sites (N-methyl/N-ethyl adjacent to an activating group) is 1. The van der Waals surface area contributed by atoms with Crippen LogP contribution in [0, 0.1) is 0 Å². The lowest BCUT2D eigenvalue weighted by molar-refractivity contribution is 0.162. The van der Waals surface area contributed by atoms with Gasteiger partial charge >= 0.3 is 0 Å². The van der Waals surface area contributed by atoms with Crippen molar-refractivity contribution in [1.82, 2.24) is 15.5 Å². The van der Waals surface area contributed by atoms with Crippen molar-refractivity contribution in [1.29, 1.82) is 0 Å². The molecule has 0 aliphatic heterocycles. The third kappa shape index (κ3) is 7.13. The van der Waals surface area contributed by atoms with Gasteiger partial charge in [-0.25, -0.2) is 0 Å². The molecule has 0 unspecified atom stereocenters. The number of rotatable bonds is 7. The summed E-state index contributed by atoms with van der Waals surface area (Å²) in [6.45, 7) is 3.61. The highest BCUT2D eigenvalue weighted by atomic mass is 32.1. The number of thiocarbonyl (C=S) groups is 1. The van der Waals surface area contributed by atoms with Gasteiger partial charge in [0.15, 0.2) is 5.11 Å². The smallest absolute Gasteiger partial charge is 0.166 e. The molecule has 1 saturated carbocycles. The first-order valence-corrected chi connectivity index (χ1v) is 7.35. The van der Waals surface area contributed by atoms with Crippen molar-refractivity contribution < 1.29 is 4.74 Å². The van der Waals surface area contributed by atoms with Crippen molar-refractivity contribution in [3.63, 3.8) is 0 Å². The van der Waals surface area contributed by atoms with Gasteiger partial charge in [0, 0.05) is 32.8 Å². The van der Waals surface area contributed by atoms with Crippen molar-refractivity contribution in [2.75, 3.05) is 40.4 Å². The van der Waals surface area contributed by atoms with Crippen LogP contribution in [0.4, 0.5) is 0 Å².